The summed E-state index contributed by atoms with van der Waals surface area (Å²) in [5.41, 5.74) is 1.45. The minimum atomic E-state index is -4.62. The number of sulfone groups is 1. The first-order valence-corrected chi connectivity index (χ1v) is 13.0. The van der Waals surface area contributed by atoms with Gasteiger partial charge in [0.2, 0.25) is 0 Å². The van der Waals surface area contributed by atoms with Gasteiger partial charge in [0.25, 0.3) is 0 Å². The zero-order valence-corrected chi connectivity index (χ0v) is 20.3. The summed E-state index contributed by atoms with van der Waals surface area (Å²) in [7, 11) is -3.43. The molecule has 0 aliphatic rings. The summed E-state index contributed by atoms with van der Waals surface area (Å²) in [5, 5.41) is 4.33. The fourth-order valence-electron chi connectivity index (χ4n) is 4.03. The molecule has 0 saturated heterocycles. The SMILES string of the molecule is CS(=O)(=O)c1cccc(Oc2cccc(-c3c(Cc4ccccc4)nn4c(C(F)(F)F)ccnc34)c2)c1. The van der Waals surface area contributed by atoms with Gasteiger partial charge in [0.05, 0.1) is 16.2 Å². The number of hydrogen-bond donors (Lipinski definition) is 0. The number of halogens is 3. The summed E-state index contributed by atoms with van der Waals surface area (Å²) in [6.45, 7) is 0. The van der Waals surface area contributed by atoms with Crippen molar-refractivity contribution in [3.8, 4) is 22.6 Å². The molecule has 0 bridgehead atoms. The summed E-state index contributed by atoms with van der Waals surface area (Å²) in [6.07, 6.45) is -2.11. The van der Waals surface area contributed by atoms with Crippen molar-refractivity contribution in [2.45, 2.75) is 17.5 Å². The Morgan fingerprint density at radius 2 is 1.59 bits per heavy atom. The number of benzene rings is 3. The van der Waals surface area contributed by atoms with Crippen LogP contribution in [0, 0.1) is 0 Å². The Balaban J connectivity index is 1.62. The van der Waals surface area contributed by atoms with Gasteiger partial charge in [0.1, 0.15) is 17.2 Å². The third kappa shape index (κ3) is 5.19. The molecule has 0 amide bonds. The lowest BCUT2D eigenvalue weighted by atomic mass is 10.0. The van der Waals surface area contributed by atoms with E-state index in [1.165, 1.54) is 12.1 Å². The molecule has 188 valence electrons. The number of aromatic nitrogens is 3. The predicted molar refractivity (Wildman–Crippen MR) is 132 cm³/mol. The van der Waals surface area contributed by atoms with Gasteiger partial charge in [-0.05, 0) is 47.5 Å². The second-order valence-corrected chi connectivity index (χ2v) is 10.4. The average Bonchev–Trinajstić information content (AvgIpc) is 3.21. The molecule has 0 radical (unpaired) electrons. The van der Waals surface area contributed by atoms with Crippen LogP contribution in [0.2, 0.25) is 0 Å². The Kier molecular flexibility index (Phi) is 6.20. The second kappa shape index (κ2) is 9.36. The van der Waals surface area contributed by atoms with Gasteiger partial charge >= 0.3 is 6.18 Å². The molecule has 2 aromatic heterocycles. The lowest BCUT2D eigenvalue weighted by molar-refractivity contribution is -0.142. The maximum atomic E-state index is 13.8. The molecule has 2 heterocycles. The Labute approximate surface area is 210 Å². The number of alkyl halides is 3. The van der Waals surface area contributed by atoms with Crippen molar-refractivity contribution in [1.29, 1.82) is 0 Å². The van der Waals surface area contributed by atoms with Gasteiger partial charge in [-0.2, -0.15) is 18.3 Å². The fourth-order valence-corrected chi connectivity index (χ4v) is 4.69. The molecule has 0 aliphatic heterocycles. The third-order valence-electron chi connectivity index (χ3n) is 5.69. The van der Waals surface area contributed by atoms with Crippen LogP contribution in [0.1, 0.15) is 17.0 Å². The molecule has 5 aromatic rings. The Morgan fingerprint density at radius 3 is 2.30 bits per heavy atom. The number of fused-ring (bicyclic) bond motifs is 1. The standard InChI is InChI=1S/C27H20F3N3O3S/c1-37(34,35)22-12-6-11-21(17-22)36-20-10-5-9-19(16-20)25-23(15-18-7-3-2-4-8-18)32-33-24(27(28,29)30)13-14-31-26(25)33/h2-14,16-17H,15H2,1H3. The molecule has 5 rings (SSSR count). The monoisotopic (exact) mass is 523 g/mol. The summed E-state index contributed by atoms with van der Waals surface area (Å²) >= 11 is 0. The first-order valence-electron chi connectivity index (χ1n) is 11.2. The Bertz CT molecular complexity index is 1700. The van der Waals surface area contributed by atoms with Gasteiger partial charge < -0.3 is 4.74 Å². The quantitative estimate of drug-likeness (QED) is 0.265. The minimum absolute atomic E-state index is 0.0666. The zero-order valence-electron chi connectivity index (χ0n) is 19.5. The van der Waals surface area contributed by atoms with Crippen LogP contribution in [0.5, 0.6) is 11.5 Å². The molecule has 0 saturated carbocycles. The lowest BCUT2D eigenvalue weighted by Crippen LogP contribution is -2.12. The predicted octanol–water partition coefficient (Wildman–Crippen LogP) is 6.20. The van der Waals surface area contributed by atoms with Crippen LogP contribution in [0.15, 0.2) is 96.0 Å². The fraction of sp³-hybridized carbons (Fsp3) is 0.111. The van der Waals surface area contributed by atoms with E-state index < -0.39 is 21.7 Å². The van der Waals surface area contributed by atoms with Gasteiger partial charge in [-0.1, -0.05) is 48.5 Å². The number of rotatable bonds is 6. The molecule has 10 heteroatoms. The highest BCUT2D eigenvalue weighted by Gasteiger charge is 2.35. The van der Waals surface area contributed by atoms with Gasteiger partial charge in [0, 0.05) is 18.9 Å². The zero-order chi connectivity index (χ0) is 26.2. The van der Waals surface area contributed by atoms with Crippen LogP contribution >= 0.6 is 0 Å². The van der Waals surface area contributed by atoms with Crippen LogP contribution in [-0.2, 0) is 22.4 Å². The Hall–Kier alpha value is -4.18. The van der Waals surface area contributed by atoms with Crippen molar-refractivity contribution < 1.29 is 26.3 Å². The molecule has 6 nitrogen and oxygen atoms in total. The van der Waals surface area contributed by atoms with Crippen LogP contribution in [0.3, 0.4) is 0 Å². The smallest absolute Gasteiger partial charge is 0.433 e. The molecular formula is C27H20F3N3O3S. The number of hydrogen-bond acceptors (Lipinski definition) is 5. The number of nitrogens with zero attached hydrogens (tertiary/aromatic N) is 3. The number of ether oxygens (including phenoxy) is 1. The van der Waals surface area contributed by atoms with E-state index in [-0.39, 0.29) is 10.5 Å². The van der Waals surface area contributed by atoms with Crippen molar-refractivity contribution in [2.75, 3.05) is 6.26 Å². The van der Waals surface area contributed by atoms with E-state index in [1.54, 1.807) is 36.4 Å². The molecular weight excluding hydrogens is 503 g/mol. The second-order valence-electron chi connectivity index (χ2n) is 8.42. The molecule has 3 aromatic carbocycles. The first kappa shape index (κ1) is 24.5. The van der Waals surface area contributed by atoms with Crippen LogP contribution in [0.25, 0.3) is 16.8 Å². The maximum absolute atomic E-state index is 13.8. The van der Waals surface area contributed by atoms with Crippen LogP contribution in [0.4, 0.5) is 13.2 Å². The van der Waals surface area contributed by atoms with E-state index in [4.69, 9.17) is 4.74 Å². The minimum Gasteiger partial charge on any atom is -0.457 e. The molecule has 0 unspecified atom stereocenters. The van der Waals surface area contributed by atoms with E-state index in [0.717, 1.165) is 28.6 Å². The summed E-state index contributed by atoms with van der Waals surface area (Å²) < 4.78 is 71.8. The van der Waals surface area contributed by atoms with Gasteiger partial charge in [-0.25, -0.2) is 17.9 Å². The Morgan fingerprint density at radius 1 is 0.892 bits per heavy atom. The average molecular weight is 524 g/mol. The highest BCUT2D eigenvalue weighted by Crippen LogP contribution is 2.36. The molecule has 0 aliphatic carbocycles. The van der Waals surface area contributed by atoms with Crippen molar-refractivity contribution in [3.05, 3.63) is 108 Å². The highest BCUT2D eigenvalue weighted by atomic mass is 32.2. The van der Waals surface area contributed by atoms with Gasteiger partial charge in [-0.15, -0.1) is 0 Å². The van der Waals surface area contributed by atoms with Crippen LogP contribution in [-0.4, -0.2) is 29.3 Å². The highest BCUT2D eigenvalue weighted by molar-refractivity contribution is 7.90. The van der Waals surface area contributed by atoms with Gasteiger partial charge in [-0.3, -0.25) is 0 Å². The topological polar surface area (TPSA) is 73.6 Å². The molecule has 0 spiro atoms. The van der Waals surface area contributed by atoms with E-state index in [2.05, 4.69) is 10.1 Å². The summed E-state index contributed by atoms with van der Waals surface area (Å²) in [6, 6.07) is 23.1. The molecule has 0 N–H and O–H groups in total. The summed E-state index contributed by atoms with van der Waals surface area (Å²) in [5.74, 6) is 0.682. The molecule has 0 fully saturated rings. The van der Waals surface area contributed by atoms with E-state index in [1.807, 2.05) is 30.3 Å². The van der Waals surface area contributed by atoms with E-state index >= 15 is 0 Å². The van der Waals surface area contributed by atoms with Gasteiger partial charge in [0.15, 0.2) is 15.5 Å². The molecule has 37 heavy (non-hydrogen) atoms. The van der Waals surface area contributed by atoms with Crippen molar-refractivity contribution in [1.82, 2.24) is 14.6 Å². The van der Waals surface area contributed by atoms with E-state index in [9.17, 15) is 21.6 Å². The normalized spacial score (nSPS) is 12.1. The molecule has 0 atom stereocenters. The summed E-state index contributed by atoms with van der Waals surface area (Å²) in [4.78, 5) is 4.35. The van der Waals surface area contributed by atoms with E-state index in [0.29, 0.717) is 34.7 Å². The van der Waals surface area contributed by atoms with Crippen molar-refractivity contribution in [2.24, 2.45) is 0 Å². The van der Waals surface area contributed by atoms with Crippen molar-refractivity contribution in [3.63, 3.8) is 0 Å². The maximum Gasteiger partial charge on any atom is 0.433 e. The third-order valence-corrected chi connectivity index (χ3v) is 6.80. The lowest BCUT2D eigenvalue weighted by Gasteiger charge is -2.10. The largest absolute Gasteiger partial charge is 0.457 e. The first-order chi connectivity index (χ1) is 17.6. The van der Waals surface area contributed by atoms with Crippen molar-refractivity contribution >= 4 is 15.5 Å². The van der Waals surface area contributed by atoms with Crippen LogP contribution < -0.4 is 4.74 Å².